The summed E-state index contributed by atoms with van der Waals surface area (Å²) in [7, 11) is 6.48. The molecule has 0 radical (unpaired) electrons. The maximum absolute atomic E-state index is 13.1. The molecule has 11 heteroatoms. The van der Waals surface area contributed by atoms with E-state index in [-0.39, 0.29) is 16.3 Å². The highest BCUT2D eigenvalue weighted by Crippen LogP contribution is 2.41. The van der Waals surface area contributed by atoms with Gasteiger partial charge in [-0.1, -0.05) is 48.5 Å². The van der Waals surface area contributed by atoms with E-state index in [1.54, 1.807) is 34.5 Å². The molecule has 9 rings (SSSR count). The molecular formula is C48H37N5O6. The van der Waals surface area contributed by atoms with Crippen LogP contribution in [0.1, 0.15) is 22.8 Å². The van der Waals surface area contributed by atoms with Gasteiger partial charge in [0.2, 0.25) is 0 Å². The lowest BCUT2D eigenvalue weighted by atomic mass is 10.0. The summed E-state index contributed by atoms with van der Waals surface area (Å²) >= 11 is 0. The van der Waals surface area contributed by atoms with Gasteiger partial charge in [0.05, 0.1) is 50.4 Å². The highest BCUT2D eigenvalue weighted by atomic mass is 16.6. The van der Waals surface area contributed by atoms with Gasteiger partial charge in [-0.2, -0.15) is 0 Å². The lowest BCUT2D eigenvalue weighted by molar-refractivity contribution is -0.374. The van der Waals surface area contributed by atoms with Crippen molar-refractivity contribution in [2.75, 3.05) is 28.4 Å². The molecule has 11 nitrogen and oxygen atoms in total. The number of rotatable bonds is 9. The van der Waals surface area contributed by atoms with Crippen LogP contribution in [-0.4, -0.2) is 53.3 Å². The number of nitrogens with zero attached hydrogens (tertiary/aromatic N) is 3. The number of nitrogens with one attached hydrogen (secondary N) is 2. The summed E-state index contributed by atoms with van der Waals surface area (Å²) in [5, 5.41) is 13.1. The molecule has 2 N–H and O–H groups in total. The molecule has 0 saturated carbocycles. The van der Waals surface area contributed by atoms with Crippen molar-refractivity contribution in [1.29, 1.82) is 0 Å². The first kappa shape index (κ1) is 36.7. The number of ether oxygens (including phenoxy) is 4. The average Bonchev–Trinajstić information content (AvgIpc) is 4.12. The van der Waals surface area contributed by atoms with Crippen molar-refractivity contribution in [2.45, 2.75) is 0 Å². The van der Waals surface area contributed by atoms with Gasteiger partial charge in [-0.3, -0.25) is 10.1 Å². The Morgan fingerprint density at radius 2 is 0.763 bits per heavy atom. The van der Waals surface area contributed by atoms with Crippen molar-refractivity contribution < 1.29 is 23.9 Å². The number of methoxy groups -OCH3 is 4. The number of aromatic amines is 2. The lowest BCUT2D eigenvalue weighted by Crippen LogP contribution is -1.98. The Kier molecular flexibility index (Phi) is 9.46. The number of nitro groups is 1. The van der Waals surface area contributed by atoms with E-state index in [1.165, 1.54) is 0 Å². The molecule has 0 saturated heterocycles. The first-order valence-electron chi connectivity index (χ1n) is 18.8. The Bertz CT molecular complexity index is 2980. The van der Waals surface area contributed by atoms with Gasteiger partial charge in [-0.15, -0.1) is 0 Å². The molecule has 0 unspecified atom stereocenters. The Morgan fingerprint density at radius 1 is 0.441 bits per heavy atom. The molecule has 0 amide bonds. The molecule has 3 aromatic heterocycles. The van der Waals surface area contributed by atoms with Gasteiger partial charge in [-0.05, 0) is 107 Å². The van der Waals surface area contributed by atoms with E-state index >= 15 is 0 Å². The standard InChI is InChI=1S/C48H37N5O6/c1-56-32-13-5-28(6-14-32)44-36-21-22-37(49-36)45(29-7-15-33(57-2)16-8-29)39-25-26-41(51-39)47(31-11-19-35(59-4)20-12-31)48-43(53(54)55)27-42(52-48)46(40-24-23-38(44)50-40)30-9-17-34(58-3)18-10-30/h5-27,50-51H,1-4H3. The van der Waals surface area contributed by atoms with Crippen molar-refractivity contribution >= 4 is 46.0 Å². The van der Waals surface area contributed by atoms with Crippen molar-refractivity contribution in [3.8, 4) is 67.5 Å². The topological polar surface area (TPSA) is 137 Å². The zero-order valence-corrected chi connectivity index (χ0v) is 32.6. The summed E-state index contributed by atoms with van der Waals surface area (Å²) in [6.45, 7) is 0. The molecule has 290 valence electrons. The molecule has 2 aliphatic rings. The normalized spacial score (nSPS) is 11.9. The van der Waals surface area contributed by atoms with Crippen LogP contribution in [0.5, 0.6) is 23.0 Å². The van der Waals surface area contributed by atoms with Crippen LogP contribution in [0.2, 0.25) is 0 Å². The number of hydrogen-bond donors (Lipinski definition) is 2. The number of aromatic nitrogens is 4. The van der Waals surface area contributed by atoms with Crippen LogP contribution >= 0.6 is 0 Å². The number of hydrogen-bond acceptors (Lipinski definition) is 8. The monoisotopic (exact) mass is 779 g/mol. The van der Waals surface area contributed by atoms with Gasteiger partial charge in [0.15, 0.2) is 5.69 Å². The summed E-state index contributed by atoms with van der Waals surface area (Å²) in [6.07, 6.45) is 5.59. The number of fused-ring (bicyclic) bond motifs is 8. The SMILES string of the molecule is COc1ccc(-c2c3nc(c(-c4ccc(OC)cc4)c4ccc([nH]4)c(-c4ccc(OC)cc4)c4nc(c(-c5ccc(OC)cc5)c5ccc2[nH]5)C=C4[N+](=O)[O-])C=C3)cc1. The molecule has 7 aromatic rings. The molecule has 0 aliphatic carbocycles. The summed E-state index contributed by atoms with van der Waals surface area (Å²) in [5.41, 5.74) is 11.0. The van der Waals surface area contributed by atoms with Crippen LogP contribution < -0.4 is 18.9 Å². The largest absolute Gasteiger partial charge is 0.497 e. The Balaban J connectivity index is 1.48. The summed E-state index contributed by atoms with van der Waals surface area (Å²) < 4.78 is 22.0. The van der Waals surface area contributed by atoms with Gasteiger partial charge in [0.1, 0.15) is 23.0 Å². The zero-order chi connectivity index (χ0) is 40.6. The van der Waals surface area contributed by atoms with Gasteiger partial charge in [0, 0.05) is 50.4 Å². The quantitative estimate of drug-likeness (QED) is 0.109. The maximum Gasteiger partial charge on any atom is 0.297 e. The zero-order valence-electron chi connectivity index (χ0n) is 32.6. The molecule has 4 aromatic carbocycles. The van der Waals surface area contributed by atoms with Crippen LogP contribution in [0, 0.1) is 10.1 Å². The van der Waals surface area contributed by atoms with Crippen LogP contribution in [-0.2, 0) is 0 Å². The Morgan fingerprint density at radius 3 is 1.10 bits per heavy atom. The molecule has 59 heavy (non-hydrogen) atoms. The van der Waals surface area contributed by atoms with Crippen LogP contribution in [0.15, 0.2) is 121 Å². The first-order valence-corrected chi connectivity index (χ1v) is 18.8. The van der Waals surface area contributed by atoms with Crippen molar-refractivity contribution in [3.05, 3.63) is 154 Å². The van der Waals surface area contributed by atoms with E-state index in [1.807, 2.05) is 133 Å². The van der Waals surface area contributed by atoms with E-state index in [4.69, 9.17) is 28.9 Å². The van der Waals surface area contributed by atoms with Crippen molar-refractivity contribution in [1.82, 2.24) is 19.9 Å². The van der Waals surface area contributed by atoms with Crippen LogP contribution in [0.25, 0.3) is 90.5 Å². The lowest BCUT2D eigenvalue weighted by Gasteiger charge is -2.08. The van der Waals surface area contributed by atoms with Gasteiger partial charge < -0.3 is 28.9 Å². The second kappa shape index (κ2) is 15.2. The Hall–Kier alpha value is -7.92. The molecule has 8 bridgehead atoms. The first-order chi connectivity index (χ1) is 28.8. The van der Waals surface area contributed by atoms with Gasteiger partial charge in [-0.25, -0.2) is 9.97 Å². The minimum absolute atomic E-state index is 0.143. The van der Waals surface area contributed by atoms with E-state index in [9.17, 15) is 10.1 Å². The summed E-state index contributed by atoms with van der Waals surface area (Å²) in [5.74, 6) is 2.77. The van der Waals surface area contributed by atoms with Crippen molar-refractivity contribution in [2.24, 2.45) is 0 Å². The third kappa shape index (κ3) is 6.74. The predicted molar refractivity (Wildman–Crippen MR) is 233 cm³/mol. The van der Waals surface area contributed by atoms with Gasteiger partial charge in [0.25, 0.3) is 5.70 Å². The van der Waals surface area contributed by atoms with E-state index in [2.05, 4.69) is 9.97 Å². The third-order valence-corrected chi connectivity index (χ3v) is 10.6. The van der Waals surface area contributed by atoms with Crippen molar-refractivity contribution in [3.63, 3.8) is 0 Å². The summed E-state index contributed by atoms with van der Waals surface area (Å²) in [6, 6.07) is 38.5. The highest BCUT2D eigenvalue weighted by molar-refractivity contribution is 6.01. The molecule has 0 fully saturated rings. The fourth-order valence-electron chi connectivity index (χ4n) is 7.65. The van der Waals surface area contributed by atoms with Crippen LogP contribution in [0.4, 0.5) is 0 Å². The average molecular weight is 780 g/mol. The van der Waals surface area contributed by atoms with Crippen LogP contribution in [0.3, 0.4) is 0 Å². The highest BCUT2D eigenvalue weighted by Gasteiger charge is 2.29. The second-order valence-electron chi connectivity index (χ2n) is 13.8. The molecule has 0 atom stereocenters. The molecule has 0 spiro atoms. The van der Waals surface area contributed by atoms with Gasteiger partial charge >= 0.3 is 0 Å². The van der Waals surface area contributed by atoms with E-state index in [0.29, 0.717) is 44.9 Å². The maximum atomic E-state index is 13.1. The minimum atomic E-state index is -0.376. The number of H-pyrrole nitrogens is 2. The number of benzene rings is 4. The fraction of sp³-hybridized carbons (Fsp3) is 0.0833. The summed E-state index contributed by atoms with van der Waals surface area (Å²) in [4.78, 5) is 30.5. The third-order valence-electron chi connectivity index (χ3n) is 10.6. The molecular weight excluding hydrogens is 743 g/mol. The second-order valence-corrected chi connectivity index (χ2v) is 13.8. The smallest absolute Gasteiger partial charge is 0.297 e. The van der Waals surface area contributed by atoms with E-state index < -0.39 is 0 Å². The van der Waals surface area contributed by atoms with E-state index in [0.717, 1.165) is 61.7 Å². The molecule has 5 heterocycles. The minimum Gasteiger partial charge on any atom is -0.497 e. The Labute approximate surface area is 339 Å². The predicted octanol–water partition coefficient (Wildman–Crippen LogP) is 11.0. The fourth-order valence-corrected chi connectivity index (χ4v) is 7.65. The molecule has 2 aliphatic heterocycles.